The Hall–Kier alpha value is -1.44. The summed E-state index contributed by atoms with van der Waals surface area (Å²) in [6.45, 7) is 4.08. The number of amides is 1. The lowest BCUT2D eigenvalue weighted by atomic mass is 10.1. The molecule has 0 bridgehead atoms. The van der Waals surface area contributed by atoms with Crippen LogP contribution < -0.4 is 5.32 Å². The predicted octanol–water partition coefficient (Wildman–Crippen LogP) is 2.75. The standard InChI is InChI=1S/C17H24BrN5O.ClH/c1-4-6-15-16(17(24)22(3)10-9-19-2)20-21-23(15)12-13-7-5-8-14(18)11-13;/h5,7-8,11,19H,4,6,9-10,12H2,1-3H3;1H. The second kappa shape index (κ2) is 10.5. The number of hydrogen-bond donors (Lipinski definition) is 1. The smallest absolute Gasteiger partial charge is 0.276 e. The molecular weight excluding hydrogens is 406 g/mol. The molecule has 0 atom stereocenters. The first kappa shape index (κ1) is 21.6. The van der Waals surface area contributed by atoms with E-state index in [1.807, 2.05) is 29.9 Å². The fourth-order valence-electron chi connectivity index (χ4n) is 2.48. The highest BCUT2D eigenvalue weighted by Gasteiger charge is 2.22. The van der Waals surface area contributed by atoms with Crippen LogP contribution in [0.5, 0.6) is 0 Å². The second-order valence-electron chi connectivity index (χ2n) is 5.75. The molecule has 1 heterocycles. The van der Waals surface area contributed by atoms with Gasteiger partial charge in [0.05, 0.1) is 12.2 Å². The molecule has 1 amide bonds. The van der Waals surface area contributed by atoms with Crippen molar-refractivity contribution in [1.29, 1.82) is 0 Å². The summed E-state index contributed by atoms with van der Waals surface area (Å²) in [6, 6.07) is 8.08. The monoisotopic (exact) mass is 429 g/mol. The van der Waals surface area contributed by atoms with Crippen molar-refractivity contribution in [1.82, 2.24) is 25.2 Å². The van der Waals surface area contributed by atoms with Gasteiger partial charge in [-0.05, 0) is 31.2 Å². The van der Waals surface area contributed by atoms with Gasteiger partial charge >= 0.3 is 0 Å². The van der Waals surface area contributed by atoms with Gasteiger partial charge in [0, 0.05) is 24.6 Å². The molecule has 138 valence electrons. The van der Waals surface area contributed by atoms with E-state index in [0.717, 1.165) is 35.1 Å². The van der Waals surface area contributed by atoms with Gasteiger partial charge in [0.1, 0.15) is 0 Å². The molecule has 25 heavy (non-hydrogen) atoms. The lowest BCUT2D eigenvalue weighted by molar-refractivity contribution is 0.0789. The molecule has 1 aromatic carbocycles. The maximum Gasteiger partial charge on any atom is 0.276 e. The van der Waals surface area contributed by atoms with Crippen molar-refractivity contribution in [3.8, 4) is 0 Å². The number of nitrogens with one attached hydrogen (secondary N) is 1. The Labute approximate surface area is 163 Å². The molecule has 0 saturated carbocycles. The van der Waals surface area contributed by atoms with E-state index in [2.05, 4.69) is 44.5 Å². The molecule has 0 radical (unpaired) electrons. The molecule has 6 nitrogen and oxygen atoms in total. The van der Waals surface area contributed by atoms with Gasteiger partial charge in [-0.3, -0.25) is 4.79 Å². The molecule has 0 saturated heterocycles. The molecule has 0 aliphatic carbocycles. The Morgan fingerprint density at radius 2 is 2.16 bits per heavy atom. The number of benzene rings is 1. The van der Waals surface area contributed by atoms with Crippen LogP contribution in [0.15, 0.2) is 28.7 Å². The van der Waals surface area contributed by atoms with E-state index in [9.17, 15) is 4.79 Å². The zero-order valence-electron chi connectivity index (χ0n) is 14.8. The third kappa shape index (κ3) is 5.80. The summed E-state index contributed by atoms with van der Waals surface area (Å²) in [7, 11) is 3.66. The summed E-state index contributed by atoms with van der Waals surface area (Å²) in [4.78, 5) is 14.3. The quantitative estimate of drug-likeness (QED) is 0.699. The SMILES string of the molecule is CCCc1c(C(=O)N(C)CCNC)nnn1Cc1cccc(Br)c1.Cl. The lowest BCUT2D eigenvalue weighted by Gasteiger charge is -2.16. The van der Waals surface area contributed by atoms with Crippen LogP contribution in [-0.2, 0) is 13.0 Å². The number of halogens is 2. The Morgan fingerprint density at radius 1 is 1.40 bits per heavy atom. The Balaban J connectivity index is 0.00000312. The van der Waals surface area contributed by atoms with E-state index in [4.69, 9.17) is 0 Å². The molecule has 1 aromatic heterocycles. The number of likely N-dealkylation sites (N-methyl/N-ethyl adjacent to an activating group) is 2. The summed E-state index contributed by atoms with van der Waals surface area (Å²) < 4.78 is 2.87. The van der Waals surface area contributed by atoms with Crippen molar-refractivity contribution in [2.45, 2.75) is 26.3 Å². The van der Waals surface area contributed by atoms with E-state index in [-0.39, 0.29) is 18.3 Å². The minimum atomic E-state index is -0.0748. The fraction of sp³-hybridized carbons (Fsp3) is 0.471. The number of carbonyl (C=O) groups is 1. The van der Waals surface area contributed by atoms with Crippen LogP contribution in [0.1, 0.15) is 35.1 Å². The van der Waals surface area contributed by atoms with Crippen LogP contribution in [0, 0.1) is 0 Å². The molecular formula is C17H25BrClN5O. The first-order valence-corrected chi connectivity index (χ1v) is 8.93. The highest BCUT2D eigenvalue weighted by Crippen LogP contribution is 2.16. The van der Waals surface area contributed by atoms with Crippen LogP contribution in [-0.4, -0.2) is 53.0 Å². The summed E-state index contributed by atoms with van der Waals surface area (Å²) in [5.74, 6) is -0.0748. The maximum absolute atomic E-state index is 12.6. The highest BCUT2D eigenvalue weighted by molar-refractivity contribution is 9.10. The molecule has 1 N–H and O–H groups in total. The molecule has 2 rings (SSSR count). The van der Waals surface area contributed by atoms with E-state index >= 15 is 0 Å². The highest BCUT2D eigenvalue weighted by atomic mass is 79.9. The van der Waals surface area contributed by atoms with Crippen LogP contribution in [0.2, 0.25) is 0 Å². The first-order chi connectivity index (χ1) is 11.6. The van der Waals surface area contributed by atoms with E-state index < -0.39 is 0 Å². The van der Waals surface area contributed by atoms with E-state index in [0.29, 0.717) is 18.8 Å². The zero-order valence-corrected chi connectivity index (χ0v) is 17.2. The number of carbonyl (C=O) groups excluding carboxylic acids is 1. The minimum Gasteiger partial charge on any atom is -0.339 e. The van der Waals surface area contributed by atoms with Gasteiger partial charge in [-0.2, -0.15) is 0 Å². The fourth-order valence-corrected chi connectivity index (χ4v) is 2.93. The van der Waals surface area contributed by atoms with Gasteiger partial charge in [-0.25, -0.2) is 4.68 Å². The largest absolute Gasteiger partial charge is 0.339 e. The molecule has 0 unspecified atom stereocenters. The summed E-state index contributed by atoms with van der Waals surface area (Å²) in [5.41, 5.74) is 2.48. The maximum atomic E-state index is 12.6. The van der Waals surface area contributed by atoms with Crippen LogP contribution in [0.25, 0.3) is 0 Å². The van der Waals surface area contributed by atoms with Gasteiger partial charge in [0.2, 0.25) is 0 Å². The minimum absolute atomic E-state index is 0. The van der Waals surface area contributed by atoms with E-state index in [1.54, 1.807) is 11.9 Å². The average Bonchev–Trinajstić information content (AvgIpc) is 2.95. The van der Waals surface area contributed by atoms with Gasteiger partial charge < -0.3 is 10.2 Å². The third-order valence-electron chi connectivity index (χ3n) is 3.79. The molecule has 0 spiro atoms. The topological polar surface area (TPSA) is 63.1 Å². The van der Waals surface area contributed by atoms with E-state index in [1.165, 1.54) is 0 Å². The van der Waals surface area contributed by atoms with Gasteiger partial charge in [-0.15, -0.1) is 17.5 Å². The van der Waals surface area contributed by atoms with Crippen LogP contribution in [0.3, 0.4) is 0 Å². The number of nitrogens with zero attached hydrogens (tertiary/aromatic N) is 4. The summed E-state index contributed by atoms with van der Waals surface area (Å²) >= 11 is 3.48. The van der Waals surface area contributed by atoms with Crippen molar-refractivity contribution >= 4 is 34.2 Å². The Morgan fingerprint density at radius 3 is 2.80 bits per heavy atom. The van der Waals surface area contributed by atoms with Crippen molar-refractivity contribution in [3.63, 3.8) is 0 Å². The van der Waals surface area contributed by atoms with Crippen LogP contribution >= 0.6 is 28.3 Å². The zero-order chi connectivity index (χ0) is 17.5. The summed E-state index contributed by atoms with van der Waals surface area (Å²) in [5, 5.41) is 11.5. The lowest BCUT2D eigenvalue weighted by Crippen LogP contribution is -2.33. The van der Waals surface area contributed by atoms with Gasteiger partial charge in [0.25, 0.3) is 5.91 Å². The third-order valence-corrected chi connectivity index (χ3v) is 4.29. The normalized spacial score (nSPS) is 10.4. The Bertz CT molecular complexity index is 691. The molecule has 2 aromatic rings. The van der Waals surface area contributed by atoms with Crippen molar-refractivity contribution in [2.24, 2.45) is 0 Å². The van der Waals surface area contributed by atoms with Gasteiger partial charge in [0.15, 0.2) is 5.69 Å². The number of hydrogen-bond acceptors (Lipinski definition) is 4. The molecule has 0 aliphatic heterocycles. The molecule has 8 heteroatoms. The average molecular weight is 431 g/mol. The van der Waals surface area contributed by atoms with Crippen LogP contribution in [0.4, 0.5) is 0 Å². The predicted molar refractivity (Wildman–Crippen MR) is 105 cm³/mol. The Kier molecular flexibility index (Phi) is 9.10. The van der Waals surface area contributed by atoms with Crippen molar-refractivity contribution in [2.75, 3.05) is 27.2 Å². The number of aromatic nitrogens is 3. The number of rotatable bonds is 8. The second-order valence-corrected chi connectivity index (χ2v) is 6.67. The van der Waals surface area contributed by atoms with Gasteiger partial charge in [-0.1, -0.05) is 46.6 Å². The molecule has 0 fully saturated rings. The van der Waals surface area contributed by atoms with Crippen molar-refractivity contribution < 1.29 is 4.79 Å². The van der Waals surface area contributed by atoms with Crippen molar-refractivity contribution in [3.05, 3.63) is 45.7 Å². The summed E-state index contributed by atoms with van der Waals surface area (Å²) in [6.07, 6.45) is 1.72. The molecule has 0 aliphatic rings. The first-order valence-electron chi connectivity index (χ1n) is 8.13.